The Balaban J connectivity index is 1.96. The highest BCUT2D eigenvalue weighted by molar-refractivity contribution is 5.45. The summed E-state index contributed by atoms with van der Waals surface area (Å²) >= 11 is 0. The Labute approximate surface area is 109 Å². The van der Waals surface area contributed by atoms with Gasteiger partial charge in [-0.05, 0) is 23.6 Å². The molecule has 1 N–H and O–H groups in total. The number of hydrogen-bond acceptors (Lipinski definition) is 2. The van der Waals surface area contributed by atoms with Crippen LogP contribution in [0.5, 0.6) is 0 Å². The summed E-state index contributed by atoms with van der Waals surface area (Å²) in [5.74, 6) is 0.710. The van der Waals surface area contributed by atoms with Crippen LogP contribution in [0.15, 0.2) is 43.0 Å². The smallest absolute Gasteiger partial charge is 0.0949 e. The van der Waals surface area contributed by atoms with Gasteiger partial charge in [-0.25, -0.2) is 4.98 Å². The zero-order chi connectivity index (χ0) is 12.8. The molecule has 18 heavy (non-hydrogen) atoms. The SMILES string of the molecule is CCC(C)CNc1cccc(Cn2ccnc2)c1. The van der Waals surface area contributed by atoms with Gasteiger partial charge in [0.2, 0.25) is 0 Å². The minimum atomic E-state index is 0.710. The topological polar surface area (TPSA) is 29.9 Å². The van der Waals surface area contributed by atoms with Gasteiger partial charge in [0.1, 0.15) is 0 Å². The molecule has 0 spiro atoms. The number of nitrogens with zero attached hydrogens (tertiary/aromatic N) is 2. The molecule has 3 heteroatoms. The standard InChI is InChI=1S/C15H21N3/c1-3-13(2)10-17-15-6-4-5-14(9-15)11-18-8-7-16-12-18/h4-9,12-13,17H,3,10-11H2,1-2H3. The quantitative estimate of drug-likeness (QED) is 0.842. The fraction of sp³-hybridized carbons (Fsp3) is 0.400. The van der Waals surface area contributed by atoms with Crippen LogP contribution in [0.25, 0.3) is 0 Å². The highest BCUT2D eigenvalue weighted by Gasteiger charge is 2.00. The Kier molecular flexibility index (Phi) is 4.40. The summed E-state index contributed by atoms with van der Waals surface area (Å²) in [4.78, 5) is 4.06. The van der Waals surface area contributed by atoms with Gasteiger partial charge in [0, 0.05) is 31.2 Å². The molecule has 0 radical (unpaired) electrons. The molecule has 0 bridgehead atoms. The lowest BCUT2D eigenvalue weighted by atomic mass is 10.1. The minimum Gasteiger partial charge on any atom is -0.385 e. The molecule has 1 atom stereocenters. The lowest BCUT2D eigenvalue weighted by Crippen LogP contribution is -2.10. The maximum atomic E-state index is 4.06. The highest BCUT2D eigenvalue weighted by Crippen LogP contribution is 2.13. The summed E-state index contributed by atoms with van der Waals surface area (Å²) in [6.07, 6.45) is 6.85. The van der Waals surface area contributed by atoms with Crippen LogP contribution in [-0.2, 0) is 6.54 Å². The summed E-state index contributed by atoms with van der Waals surface area (Å²) in [5.41, 5.74) is 2.50. The number of hydrogen-bond donors (Lipinski definition) is 1. The molecule has 96 valence electrons. The van der Waals surface area contributed by atoms with Crippen LogP contribution in [0.3, 0.4) is 0 Å². The normalized spacial score (nSPS) is 12.3. The number of rotatable bonds is 6. The molecule has 0 amide bonds. The van der Waals surface area contributed by atoms with E-state index in [9.17, 15) is 0 Å². The van der Waals surface area contributed by atoms with Crippen molar-refractivity contribution in [2.24, 2.45) is 5.92 Å². The molecule has 2 rings (SSSR count). The van der Waals surface area contributed by atoms with Gasteiger partial charge in [-0.15, -0.1) is 0 Å². The van der Waals surface area contributed by atoms with Crippen molar-refractivity contribution in [2.45, 2.75) is 26.8 Å². The molecule has 0 aliphatic carbocycles. The number of nitrogens with one attached hydrogen (secondary N) is 1. The van der Waals surface area contributed by atoms with E-state index >= 15 is 0 Å². The van der Waals surface area contributed by atoms with Crippen molar-refractivity contribution in [1.82, 2.24) is 9.55 Å². The molecule has 0 saturated carbocycles. The fourth-order valence-corrected chi connectivity index (χ4v) is 1.81. The molecular formula is C15H21N3. The zero-order valence-electron chi connectivity index (χ0n) is 11.1. The van der Waals surface area contributed by atoms with E-state index in [1.807, 2.05) is 18.7 Å². The molecule has 1 aromatic carbocycles. The average Bonchev–Trinajstić information content (AvgIpc) is 2.89. The molecule has 1 aromatic heterocycles. The van der Waals surface area contributed by atoms with Gasteiger partial charge in [0.05, 0.1) is 6.33 Å². The lowest BCUT2D eigenvalue weighted by Gasteiger charge is -2.12. The Bertz CT molecular complexity index is 462. The van der Waals surface area contributed by atoms with Gasteiger partial charge in [-0.3, -0.25) is 0 Å². The summed E-state index contributed by atoms with van der Waals surface area (Å²) < 4.78 is 2.08. The van der Waals surface area contributed by atoms with E-state index in [-0.39, 0.29) is 0 Å². The van der Waals surface area contributed by atoms with Crippen LogP contribution < -0.4 is 5.32 Å². The monoisotopic (exact) mass is 243 g/mol. The number of benzene rings is 1. The first-order valence-corrected chi connectivity index (χ1v) is 6.56. The van der Waals surface area contributed by atoms with Crippen LogP contribution in [0.1, 0.15) is 25.8 Å². The van der Waals surface area contributed by atoms with Crippen molar-refractivity contribution in [3.05, 3.63) is 48.5 Å². The molecule has 2 aromatic rings. The molecule has 0 aliphatic rings. The van der Waals surface area contributed by atoms with Gasteiger partial charge in [-0.1, -0.05) is 32.4 Å². The Morgan fingerprint density at radius 3 is 3.00 bits per heavy atom. The Morgan fingerprint density at radius 1 is 1.39 bits per heavy atom. The zero-order valence-corrected chi connectivity index (χ0v) is 11.1. The third-order valence-electron chi connectivity index (χ3n) is 3.20. The van der Waals surface area contributed by atoms with Gasteiger partial charge >= 0.3 is 0 Å². The van der Waals surface area contributed by atoms with Crippen molar-refractivity contribution >= 4 is 5.69 Å². The second kappa shape index (κ2) is 6.24. The summed E-state index contributed by atoms with van der Waals surface area (Å²) in [6.45, 7) is 6.40. The lowest BCUT2D eigenvalue weighted by molar-refractivity contribution is 0.593. The Morgan fingerprint density at radius 2 is 2.28 bits per heavy atom. The number of anilines is 1. The largest absolute Gasteiger partial charge is 0.385 e. The number of aromatic nitrogens is 2. The van der Waals surface area contributed by atoms with Gasteiger partial charge in [-0.2, -0.15) is 0 Å². The first-order chi connectivity index (χ1) is 8.78. The van der Waals surface area contributed by atoms with E-state index in [1.165, 1.54) is 17.7 Å². The van der Waals surface area contributed by atoms with E-state index < -0.39 is 0 Å². The second-order valence-electron chi connectivity index (χ2n) is 4.83. The molecule has 3 nitrogen and oxygen atoms in total. The van der Waals surface area contributed by atoms with Crippen molar-refractivity contribution < 1.29 is 0 Å². The van der Waals surface area contributed by atoms with Gasteiger partial charge < -0.3 is 9.88 Å². The van der Waals surface area contributed by atoms with E-state index in [2.05, 4.69) is 53.0 Å². The first-order valence-electron chi connectivity index (χ1n) is 6.56. The third-order valence-corrected chi connectivity index (χ3v) is 3.20. The average molecular weight is 243 g/mol. The predicted molar refractivity (Wildman–Crippen MR) is 75.7 cm³/mol. The van der Waals surface area contributed by atoms with Gasteiger partial charge in [0.15, 0.2) is 0 Å². The van der Waals surface area contributed by atoms with Crippen LogP contribution >= 0.6 is 0 Å². The Hall–Kier alpha value is -1.77. The third kappa shape index (κ3) is 3.62. The maximum Gasteiger partial charge on any atom is 0.0949 e. The molecule has 0 saturated heterocycles. The summed E-state index contributed by atoms with van der Waals surface area (Å²) in [5, 5.41) is 3.49. The fourth-order valence-electron chi connectivity index (χ4n) is 1.81. The summed E-state index contributed by atoms with van der Waals surface area (Å²) in [6, 6.07) is 8.59. The molecule has 0 fully saturated rings. The van der Waals surface area contributed by atoms with Crippen molar-refractivity contribution in [1.29, 1.82) is 0 Å². The van der Waals surface area contributed by atoms with Crippen LogP contribution in [-0.4, -0.2) is 16.1 Å². The summed E-state index contributed by atoms with van der Waals surface area (Å²) in [7, 11) is 0. The number of imidazole rings is 1. The van der Waals surface area contributed by atoms with E-state index in [4.69, 9.17) is 0 Å². The predicted octanol–water partition coefficient (Wildman–Crippen LogP) is 3.39. The first kappa shape index (κ1) is 12.7. The minimum absolute atomic E-state index is 0.710. The van der Waals surface area contributed by atoms with Crippen LogP contribution in [0, 0.1) is 5.92 Å². The van der Waals surface area contributed by atoms with E-state index in [0.29, 0.717) is 5.92 Å². The van der Waals surface area contributed by atoms with E-state index in [1.54, 1.807) is 0 Å². The molecular weight excluding hydrogens is 222 g/mol. The maximum absolute atomic E-state index is 4.06. The van der Waals surface area contributed by atoms with Crippen molar-refractivity contribution in [2.75, 3.05) is 11.9 Å². The second-order valence-corrected chi connectivity index (χ2v) is 4.83. The van der Waals surface area contributed by atoms with Gasteiger partial charge in [0.25, 0.3) is 0 Å². The van der Waals surface area contributed by atoms with E-state index in [0.717, 1.165) is 13.1 Å². The molecule has 0 aliphatic heterocycles. The molecule has 1 heterocycles. The highest BCUT2D eigenvalue weighted by atomic mass is 15.0. The van der Waals surface area contributed by atoms with Crippen LogP contribution in [0.2, 0.25) is 0 Å². The van der Waals surface area contributed by atoms with Crippen molar-refractivity contribution in [3.8, 4) is 0 Å². The van der Waals surface area contributed by atoms with Crippen LogP contribution in [0.4, 0.5) is 5.69 Å². The van der Waals surface area contributed by atoms with Crippen molar-refractivity contribution in [3.63, 3.8) is 0 Å². The molecule has 1 unspecified atom stereocenters.